The first-order valence-corrected chi connectivity index (χ1v) is 11.3. The predicted molar refractivity (Wildman–Crippen MR) is 127 cm³/mol. The Kier molecular flexibility index (Phi) is 6.07. The molecule has 5 nitrogen and oxygen atoms in total. The van der Waals surface area contributed by atoms with Crippen LogP contribution in [0.4, 0.5) is 4.79 Å². The molecule has 2 amide bonds. The van der Waals surface area contributed by atoms with Crippen molar-refractivity contribution in [3.05, 3.63) is 86.5 Å². The topological polar surface area (TPSA) is 51.5 Å². The van der Waals surface area contributed by atoms with Crippen LogP contribution in [-0.4, -0.2) is 27.7 Å². The number of nitrogens with zero attached hydrogens (tertiary/aromatic N) is 2. The van der Waals surface area contributed by atoms with Gasteiger partial charge in [0.1, 0.15) is 5.75 Å². The molecule has 0 saturated carbocycles. The lowest BCUT2D eigenvalue weighted by Crippen LogP contribution is -2.27. The van der Waals surface area contributed by atoms with Crippen LogP contribution < -0.4 is 4.74 Å². The molecule has 0 unspecified atom stereocenters. The van der Waals surface area contributed by atoms with Crippen molar-refractivity contribution in [3.63, 3.8) is 0 Å². The van der Waals surface area contributed by atoms with E-state index in [9.17, 15) is 9.59 Å². The maximum absolute atomic E-state index is 13.0. The minimum atomic E-state index is -0.271. The van der Waals surface area contributed by atoms with E-state index < -0.39 is 0 Å². The van der Waals surface area contributed by atoms with E-state index in [1.165, 1.54) is 4.90 Å². The molecule has 31 heavy (non-hydrogen) atoms. The summed E-state index contributed by atoms with van der Waals surface area (Å²) in [5.41, 5.74) is 4.71. The van der Waals surface area contributed by atoms with Gasteiger partial charge in [-0.25, -0.2) is 0 Å². The summed E-state index contributed by atoms with van der Waals surface area (Å²) in [7, 11) is 1.65. The lowest BCUT2D eigenvalue weighted by atomic mass is 10.2. The van der Waals surface area contributed by atoms with Gasteiger partial charge in [0.05, 0.1) is 24.2 Å². The molecule has 0 aliphatic carbocycles. The zero-order chi connectivity index (χ0) is 22.1. The van der Waals surface area contributed by atoms with E-state index in [4.69, 9.17) is 4.74 Å². The highest BCUT2D eigenvalue weighted by Gasteiger charge is 2.35. The van der Waals surface area contributed by atoms with Crippen LogP contribution >= 0.6 is 27.7 Å². The number of aryl methyl sites for hydroxylation is 1. The molecular weight excluding hydrogens is 476 g/mol. The summed E-state index contributed by atoms with van der Waals surface area (Å²) in [5.74, 6) is 0.498. The van der Waals surface area contributed by atoms with Gasteiger partial charge in [-0.05, 0) is 67.1 Å². The highest BCUT2D eigenvalue weighted by atomic mass is 79.9. The first-order chi connectivity index (χ1) is 14.9. The average Bonchev–Trinajstić information content (AvgIpc) is 3.18. The van der Waals surface area contributed by atoms with Gasteiger partial charge in [0.25, 0.3) is 11.1 Å². The molecule has 0 radical (unpaired) electrons. The summed E-state index contributed by atoms with van der Waals surface area (Å²) >= 11 is 4.46. The first kappa shape index (κ1) is 21.5. The van der Waals surface area contributed by atoms with Crippen molar-refractivity contribution in [2.45, 2.75) is 20.4 Å². The number of carbonyl (C=O) groups is 2. The van der Waals surface area contributed by atoms with Crippen LogP contribution in [0.2, 0.25) is 0 Å². The summed E-state index contributed by atoms with van der Waals surface area (Å²) in [6.07, 6.45) is 1.80. The van der Waals surface area contributed by atoms with Gasteiger partial charge in [0.2, 0.25) is 0 Å². The minimum Gasteiger partial charge on any atom is -0.495 e. The van der Waals surface area contributed by atoms with Crippen LogP contribution in [0.3, 0.4) is 0 Å². The maximum atomic E-state index is 13.0. The average molecular weight is 497 g/mol. The summed E-state index contributed by atoms with van der Waals surface area (Å²) < 4.78 is 8.48. The van der Waals surface area contributed by atoms with Gasteiger partial charge in [-0.3, -0.25) is 14.5 Å². The molecular formula is C24H21BrN2O3S. The quantitative estimate of drug-likeness (QED) is 0.400. The number of methoxy groups -OCH3 is 1. The fourth-order valence-electron chi connectivity index (χ4n) is 3.69. The van der Waals surface area contributed by atoms with Gasteiger partial charge >= 0.3 is 0 Å². The maximum Gasteiger partial charge on any atom is 0.293 e. The molecule has 2 heterocycles. The molecule has 0 N–H and O–H groups in total. The Balaban J connectivity index is 1.66. The minimum absolute atomic E-state index is 0.240. The molecule has 1 fully saturated rings. The number of thioether (sulfide) groups is 1. The van der Waals surface area contributed by atoms with Gasteiger partial charge in [-0.1, -0.05) is 46.3 Å². The molecule has 0 spiro atoms. The summed E-state index contributed by atoms with van der Waals surface area (Å²) in [4.78, 5) is 27.3. The van der Waals surface area contributed by atoms with Crippen LogP contribution in [0.25, 0.3) is 11.8 Å². The van der Waals surface area contributed by atoms with E-state index in [1.54, 1.807) is 13.2 Å². The smallest absolute Gasteiger partial charge is 0.293 e. The van der Waals surface area contributed by atoms with Crippen molar-refractivity contribution in [1.29, 1.82) is 0 Å². The fraction of sp³-hybridized carbons (Fsp3) is 0.167. The second kappa shape index (κ2) is 8.77. The number of aromatic nitrogens is 1. The first-order valence-electron chi connectivity index (χ1n) is 9.72. The number of para-hydroxylation sites is 2. The Bertz CT molecular complexity index is 1220. The third-order valence-corrected chi connectivity index (χ3v) is 6.92. The molecule has 7 heteroatoms. The van der Waals surface area contributed by atoms with Crippen LogP contribution in [0.1, 0.15) is 22.5 Å². The molecule has 158 valence electrons. The zero-order valence-electron chi connectivity index (χ0n) is 17.4. The number of ether oxygens (including phenoxy) is 1. The van der Waals surface area contributed by atoms with Crippen LogP contribution in [0, 0.1) is 13.8 Å². The molecule has 1 aliphatic rings. The molecule has 0 bridgehead atoms. The van der Waals surface area contributed by atoms with Gasteiger partial charge in [0.15, 0.2) is 0 Å². The monoisotopic (exact) mass is 496 g/mol. The highest BCUT2D eigenvalue weighted by molar-refractivity contribution is 9.10. The molecule has 4 rings (SSSR count). The molecule has 1 aromatic heterocycles. The third-order valence-electron chi connectivity index (χ3n) is 5.24. The standard InChI is InChI=1S/C24H21BrN2O3S/c1-15-12-18(16(2)27(15)20-10-6-7-11-21(20)30-3)13-22-23(28)26(24(29)31-22)14-17-8-4-5-9-19(17)25/h4-13H,14H2,1-3H3/b22-13-. The van der Waals surface area contributed by atoms with E-state index in [2.05, 4.69) is 20.5 Å². The Morgan fingerprint density at radius 3 is 2.52 bits per heavy atom. The zero-order valence-corrected chi connectivity index (χ0v) is 19.8. The van der Waals surface area contributed by atoms with Crippen LogP contribution in [0.5, 0.6) is 5.75 Å². The summed E-state index contributed by atoms with van der Waals surface area (Å²) in [6.45, 7) is 4.25. The van der Waals surface area contributed by atoms with Crippen molar-refractivity contribution < 1.29 is 14.3 Å². The van der Waals surface area contributed by atoms with E-state index in [-0.39, 0.29) is 17.7 Å². The number of hydrogen-bond acceptors (Lipinski definition) is 4. The highest BCUT2D eigenvalue weighted by Crippen LogP contribution is 2.36. The molecule has 1 saturated heterocycles. The predicted octanol–water partition coefficient (Wildman–Crippen LogP) is 6.10. The molecule has 3 aromatic rings. The van der Waals surface area contributed by atoms with Crippen molar-refractivity contribution >= 4 is 44.9 Å². The Morgan fingerprint density at radius 1 is 1.06 bits per heavy atom. The van der Waals surface area contributed by atoms with Gasteiger partial charge in [-0.15, -0.1) is 0 Å². The van der Waals surface area contributed by atoms with Crippen molar-refractivity contribution in [2.24, 2.45) is 0 Å². The number of imide groups is 1. The van der Waals surface area contributed by atoms with Crippen molar-refractivity contribution in [1.82, 2.24) is 9.47 Å². The van der Waals surface area contributed by atoms with Gasteiger partial charge in [0, 0.05) is 15.9 Å². The second-order valence-corrected chi connectivity index (χ2v) is 9.04. The Morgan fingerprint density at radius 2 is 1.77 bits per heavy atom. The lowest BCUT2D eigenvalue weighted by Gasteiger charge is -2.14. The third kappa shape index (κ3) is 4.07. The van der Waals surface area contributed by atoms with Crippen LogP contribution in [-0.2, 0) is 11.3 Å². The Hall–Kier alpha value is -2.77. The van der Waals surface area contributed by atoms with E-state index in [0.29, 0.717) is 4.91 Å². The van der Waals surface area contributed by atoms with E-state index in [0.717, 1.165) is 50.2 Å². The van der Waals surface area contributed by atoms with Gasteiger partial charge < -0.3 is 9.30 Å². The number of benzene rings is 2. The number of halogens is 1. The van der Waals surface area contributed by atoms with Crippen molar-refractivity contribution in [3.8, 4) is 11.4 Å². The van der Waals surface area contributed by atoms with Crippen LogP contribution in [0.15, 0.2) is 64.0 Å². The van der Waals surface area contributed by atoms with E-state index >= 15 is 0 Å². The fourth-order valence-corrected chi connectivity index (χ4v) is 4.93. The number of hydrogen-bond donors (Lipinski definition) is 0. The summed E-state index contributed by atoms with van der Waals surface area (Å²) in [6, 6.07) is 17.4. The summed E-state index contributed by atoms with van der Waals surface area (Å²) in [5, 5.41) is -0.259. The Labute approximate surface area is 193 Å². The van der Waals surface area contributed by atoms with Gasteiger partial charge in [-0.2, -0.15) is 0 Å². The second-order valence-electron chi connectivity index (χ2n) is 7.19. The number of amides is 2. The molecule has 1 aliphatic heterocycles. The molecule has 2 aromatic carbocycles. The number of carbonyl (C=O) groups excluding carboxylic acids is 2. The van der Waals surface area contributed by atoms with Crippen molar-refractivity contribution in [2.75, 3.05) is 7.11 Å². The normalized spacial score (nSPS) is 15.2. The molecule has 0 atom stereocenters. The SMILES string of the molecule is COc1ccccc1-n1c(C)cc(/C=C2\SC(=O)N(Cc3ccccc3Br)C2=O)c1C. The number of rotatable bonds is 5. The largest absolute Gasteiger partial charge is 0.495 e. The van der Waals surface area contributed by atoms with E-state index in [1.807, 2.05) is 68.4 Å². The lowest BCUT2D eigenvalue weighted by molar-refractivity contribution is -0.123.